The zero-order valence-corrected chi connectivity index (χ0v) is 27.9. The van der Waals surface area contributed by atoms with E-state index in [-0.39, 0.29) is 63.4 Å². The van der Waals surface area contributed by atoms with E-state index in [1.165, 1.54) is 0 Å². The Morgan fingerprint density at radius 2 is 0.786 bits per heavy atom. The fourth-order valence-electron chi connectivity index (χ4n) is 5.97. The molecule has 0 bridgehead atoms. The van der Waals surface area contributed by atoms with Crippen LogP contribution in [0.3, 0.4) is 0 Å². The number of phosphoric acid groups is 1. The Morgan fingerprint density at radius 1 is 0.548 bits per heavy atom. The first-order chi connectivity index (χ1) is 19.6. The van der Waals surface area contributed by atoms with Crippen LogP contribution in [0.1, 0.15) is 75.6 Å². The molecule has 0 unspecified atom stereocenters. The van der Waals surface area contributed by atoms with Crippen LogP contribution >= 0.6 is 7.82 Å². The molecule has 0 atom stereocenters. The Hall–Kier alpha value is -2.73. The topological polar surface area (TPSA) is 99.1 Å². The van der Waals surface area contributed by atoms with Gasteiger partial charge in [0.25, 0.3) is 0 Å². The molecule has 0 fully saturated rings. The van der Waals surface area contributed by atoms with Crippen molar-refractivity contribution in [2.75, 3.05) is 0 Å². The molecule has 0 saturated heterocycles. The van der Waals surface area contributed by atoms with E-state index in [2.05, 4.69) is 27.7 Å². The summed E-state index contributed by atoms with van der Waals surface area (Å²) < 4.78 is 23.4. The van der Waals surface area contributed by atoms with Crippen LogP contribution in [0, 0.1) is 0 Å². The molecule has 4 aromatic carbocycles. The third-order valence-corrected chi connectivity index (χ3v) is 9.37. The minimum atomic E-state index is -4.71. The van der Waals surface area contributed by atoms with Gasteiger partial charge in [-0.2, -0.15) is 0 Å². The van der Waals surface area contributed by atoms with E-state index in [0.29, 0.717) is 0 Å². The third-order valence-electron chi connectivity index (χ3n) is 8.50. The van der Waals surface area contributed by atoms with Gasteiger partial charge in [0.05, 0.1) is 0 Å². The summed E-state index contributed by atoms with van der Waals surface area (Å²) in [6.07, 6.45) is 3.32. The molecule has 216 valence electrons. The van der Waals surface area contributed by atoms with Crippen molar-refractivity contribution in [1.82, 2.24) is 0 Å². The van der Waals surface area contributed by atoms with Gasteiger partial charge in [-0.25, -0.2) is 4.57 Å². The van der Waals surface area contributed by atoms with Gasteiger partial charge in [0.2, 0.25) is 0 Å². The predicted molar refractivity (Wildman–Crippen MR) is 161 cm³/mol. The molecule has 4 rings (SSSR count). The van der Waals surface area contributed by atoms with Crippen molar-refractivity contribution in [2.45, 2.75) is 64.2 Å². The van der Waals surface area contributed by atoms with Crippen molar-refractivity contribution in [1.29, 1.82) is 0 Å². The van der Waals surface area contributed by atoms with Crippen molar-refractivity contribution in [3.8, 4) is 23.0 Å². The molecule has 0 aromatic heterocycles. The maximum atomic E-state index is 12.8. The minimum Gasteiger partial charge on any atom is -0.736 e. The normalized spacial score (nSPS) is 11.9. The van der Waals surface area contributed by atoms with Crippen LogP contribution in [-0.2, 0) is 15.4 Å². The summed E-state index contributed by atoms with van der Waals surface area (Å²) in [5.41, 5.74) is 3.66. The second kappa shape index (κ2) is 14.2. The Bertz CT molecular complexity index is 1350. The van der Waals surface area contributed by atoms with Crippen LogP contribution in [0.15, 0.2) is 97.1 Å². The maximum Gasteiger partial charge on any atom is 1.00 e. The Kier molecular flexibility index (Phi) is 11.4. The fourth-order valence-corrected chi connectivity index (χ4v) is 6.77. The Labute approximate surface area is 271 Å². The molecule has 0 amide bonds. The number of benzene rings is 4. The molecule has 0 aliphatic rings. The zero-order chi connectivity index (χ0) is 29.7. The fraction of sp³-hybridized carbons (Fsp3) is 0.294. The number of phenolic OH excluding ortho intramolecular Hbond substituents is 2. The SMILES string of the molecule is CCC(CC)(c1ccc(O)cc1)c1ccc(OP(=O)([O-])Oc2ccc(C(CC)(CC)c3ccc(O)cc3)cc2)cc1.[Na+]. The second-order valence-corrected chi connectivity index (χ2v) is 11.6. The summed E-state index contributed by atoms with van der Waals surface area (Å²) in [6.45, 7) is 8.45. The standard InChI is InChI=1S/C34H39O6P.Na/c1-5-33(6-2,25-9-17-29(35)18-10-25)27-13-21-31(22-14-27)39-41(37,38)40-32-23-15-28(16-24-32)34(7-3,8-4)26-11-19-30(36)20-12-26;/h9-24,35-36H,5-8H2,1-4H3,(H,37,38);/q;+1/p-1. The zero-order valence-electron chi connectivity index (χ0n) is 25.0. The summed E-state index contributed by atoms with van der Waals surface area (Å²) in [4.78, 5) is 12.8. The summed E-state index contributed by atoms with van der Waals surface area (Å²) >= 11 is 0. The summed E-state index contributed by atoms with van der Waals surface area (Å²) in [6, 6.07) is 28.5. The van der Waals surface area contributed by atoms with Gasteiger partial charge in [-0.3, -0.25) is 0 Å². The maximum absolute atomic E-state index is 12.8. The number of phosphoric ester groups is 1. The van der Waals surface area contributed by atoms with Crippen LogP contribution in [-0.4, -0.2) is 10.2 Å². The van der Waals surface area contributed by atoms with E-state index in [0.717, 1.165) is 47.9 Å². The molecule has 2 N–H and O–H groups in total. The van der Waals surface area contributed by atoms with Crippen molar-refractivity contribution < 1.29 is 58.3 Å². The number of aromatic hydroxyl groups is 2. The van der Waals surface area contributed by atoms with Gasteiger partial charge in [0, 0.05) is 10.8 Å². The van der Waals surface area contributed by atoms with Crippen LogP contribution in [0.5, 0.6) is 23.0 Å². The van der Waals surface area contributed by atoms with E-state index in [1.807, 2.05) is 48.5 Å². The van der Waals surface area contributed by atoms with E-state index in [4.69, 9.17) is 9.05 Å². The predicted octanol–water partition coefficient (Wildman–Crippen LogP) is 5.24. The molecule has 4 aromatic rings. The first-order valence-corrected chi connectivity index (χ1v) is 15.6. The van der Waals surface area contributed by atoms with Gasteiger partial charge >= 0.3 is 37.4 Å². The molecule has 42 heavy (non-hydrogen) atoms. The number of phenols is 2. The van der Waals surface area contributed by atoms with Crippen molar-refractivity contribution in [3.05, 3.63) is 119 Å². The Balaban J connectivity index is 0.00000484. The van der Waals surface area contributed by atoms with Crippen molar-refractivity contribution >= 4 is 7.82 Å². The minimum absolute atomic E-state index is 0. The Morgan fingerprint density at radius 3 is 1.02 bits per heavy atom. The van der Waals surface area contributed by atoms with Crippen LogP contribution in [0.2, 0.25) is 0 Å². The first kappa shape index (κ1) is 33.8. The van der Waals surface area contributed by atoms with Crippen LogP contribution in [0.25, 0.3) is 0 Å². The smallest absolute Gasteiger partial charge is 0.736 e. The number of hydrogen-bond acceptors (Lipinski definition) is 6. The summed E-state index contributed by atoms with van der Waals surface area (Å²) in [7, 11) is -4.71. The van der Waals surface area contributed by atoms with Gasteiger partial charge < -0.3 is 24.2 Å². The quantitative estimate of drug-likeness (QED) is 0.172. The molecular weight excluding hydrogens is 558 g/mol. The first-order valence-electron chi connectivity index (χ1n) is 14.1. The average Bonchev–Trinajstić information content (AvgIpc) is 2.98. The van der Waals surface area contributed by atoms with E-state index in [1.54, 1.807) is 48.5 Å². The van der Waals surface area contributed by atoms with Gasteiger partial charge in [-0.1, -0.05) is 76.2 Å². The number of rotatable bonds is 12. The summed E-state index contributed by atoms with van der Waals surface area (Å²) in [5, 5.41) is 19.4. The van der Waals surface area contributed by atoms with Gasteiger partial charge in [0.1, 0.15) is 23.0 Å². The average molecular weight is 597 g/mol. The third kappa shape index (κ3) is 7.07. The second-order valence-electron chi connectivity index (χ2n) is 10.4. The molecule has 8 heteroatoms. The molecular formula is C34H38NaO6P. The van der Waals surface area contributed by atoms with E-state index >= 15 is 0 Å². The van der Waals surface area contributed by atoms with E-state index < -0.39 is 7.82 Å². The molecule has 0 aliphatic carbocycles. The summed E-state index contributed by atoms with van der Waals surface area (Å²) in [5.74, 6) is 0.760. The molecule has 0 radical (unpaired) electrons. The largest absolute Gasteiger partial charge is 1.00 e. The van der Waals surface area contributed by atoms with Crippen LogP contribution < -0.4 is 43.5 Å². The van der Waals surface area contributed by atoms with Gasteiger partial charge in [-0.15, -0.1) is 0 Å². The number of hydrogen-bond donors (Lipinski definition) is 2. The molecule has 0 heterocycles. The monoisotopic (exact) mass is 596 g/mol. The van der Waals surface area contributed by atoms with Crippen LogP contribution in [0.4, 0.5) is 0 Å². The molecule has 0 saturated carbocycles. The van der Waals surface area contributed by atoms with Gasteiger partial charge in [-0.05, 0) is 96.5 Å². The van der Waals surface area contributed by atoms with E-state index in [9.17, 15) is 19.7 Å². The van der Waals surface area contributed by atoms with Gasteiger partial charge in [0.15, 0.2) is 0 Å². The van der Waals surface area contributed by atoms with Crippen molar-refractivity contribution in [3.63, 3.8) is 0 Å². The molecule has 0 aliphatic heterocycles. The molecule has 0 spiro atoms. The molecule has 6 nitrogen and oxygen atoms in total. The van der Waals surface area contributed by atoms with Crippen molar-refractivity contribution in [2.24, 2.45) is 0 Å².